The molecule has 4 nitrogen and oxygen atoms in total. The van der Waals surface area contributed by atoms with Crippen molar-refractivity contribution in [3.63, 3.8) is 0 Å². The molecule has 2 heterocycles. The third-order valence-corrected chi connectivity index (χ3v) is 3.93. The number of nitrogens with zero attached hydrogens (tertiary/aromatic N) is 3. The van der Waals surface area contributed by atoms with Crippen molar-refractivity contribution < 1.29 is 4.39 Å². The fourth-order valence-corrected chi connectivity index (χ4v) is 2.31. The largest absolute Gasteiger partial charge is 0.277 e. The Morgan fingerprint density at radius 3 is 2.63 bits per heavy atom. The van der Waals surface area contributed by atoms with Crippen LogP contribution in [-0.4, -0.2) is 19.6 Å². The number of rotatable bonds is 3. The summed E-state index contributed by atoms with van der Waals surface area (Å²) < 4.78 is 15.5. The van der Waals surface area contributed by atoms with E-state index in [0.717, 1.165) is 34.5 Å². The van der Waals surface area contributed by atoms with Gasteiger partial charge in [0.2, 0.25) is 0 Å². The van der Waals surface area contributed by atoms with Gasteiger partial charge >= 0.3 is 0 Å². The molecule has 0 aliphatic carbocycles. The quantitative estimate of drug-likeness (QED) is 0.805. The van der Waals surface area contributed by atoms with E-state index in [9.17, 15) is 4.39 Å². The summed E-state index contributed by atoms with van der Waals surface area (Å²) in [5.74, 6) is 1.32. The van der Waals surface area contributed by atoms with Gasteiger partial charge in [-0.3, -0.25) is 5.10 Å². The molecule has 0 unspecified atom stereocenters. The number of benzene rings is 1. The molecule has 3 aromatic rings. The minimum atomic E-state index is -0.209. The first-order chi connectivity index (χ1) is 9.13. The van der Waals surface area contributed by atoms with Crippen LogP contribution in [0.1, 0.15) is 17.1 Å². The highest BCUT2D eigenvalue weighted by Crippen LogP contribution is 2.16. The Kier molecular flexibility index (Phi) is 3.10. The first-order valence-electron chi connectivity index (χ1n) is 5.97. The molecule has 0 atom stereocenters. The van der Waals surface area contributed by atoms with E-state index in [2.05, 4.69) is 31.0 Å². The molecule has 0 aliphatic rings. The molecule has 3 rings (SSSR count). The van der Waals surface area contributed by atoms with Crippen molar-refractivity contribution >= 4 is 21.7 Å². The molecule has 0 fully saturated rings. The lowest BCUT2D eigenvalue weighted by Crippen LogP contribution is -1.95. The average Bonchev–Trinajstić information content (AvgIpc) is 2.90. The van der Waals surface area contributed by atoms with E-state index in [0.29, 0.717) is 5.78 Å². The van der Waals surface area contributed by atoms with Crippen LogP contribution in [0.15, 0.2) is 28.9 Å². The van der Waals surface area contributed by atoms with Crippen molar-refractivity contribution in [1.82, 2.24) is 19.6 Å². The SMILES string of the molecule is Cc1nc2nc(CCc3ccc(F)cc3)[nH]n2c1Br. The number of H-pyrrole nitrogens is 1. The summed E-state index contributed by atoms with van der Waals surface area (Å²) in [6, 6.07) is 6.54. The van der Waals surface area contributed by atoms with Crippen molar-refractivity contribution in [2.24, 2.45) is 0 Å². The molecular formula is C13H12BrFN4. The van der Waals surface area contributed by atoms with Crippen LogP contribution in [0.2, 0.25) is 0 Å². The third kappa shape index (κ3) is 2.40. The summed E-state index contributed by atoms with van der Waals surface area (Å²) in [5, 5.41) is 3.19. The molecule has 0 aliphatic heterocycles. The summed E-state index contributed by atoms with van der Waals surface area (Å²) in [5.41, 5.74) is 1.99. The van der Waals surface area contributed by atoms with E-state index < -0.39 is 0 Å². The van der Waals surface area contributed by atoms with Gasteiger partial charge in [0.15, 0.2) is 0 Å². The normalized spacial score (nSPS) is 11.3. The smallest absolute Gasteiger partial charge is 0.251 e. The summed E-state index contributed by atoms with van der Waals surface area (Å²) >= 11 is 3.46. The van der Waals surface area contributed by atoms with Gasteiger partial charge in [0, 0.05) is 6.42 Å². The van der Waals surface area contributed by atoms with Crippen molar-refractivity contribution in [1.29, 1.82) is 0 Å². The fraction of sp³-hybridized carbons (Fsp3) is 0.231. The molecule has 0 amide bonds. The predicted molar refractivity (Wildman–Crippen MR) is 73.6 cm³/mol. The molecule has 1 aromatic carbocycles. The van der Waals surface area contributed by atoms with Gasteiger partial charge in [-0.15, -0.1) is 0 Å². The standard InChI is InChI=1S/C13H12BrFN4/c1-8-12(14)19-13(16-8)17-11(18-19)7-4-9-2-5-10(15)6-3-9/h2-3,5-6H,4,7H2,1H3,(H,16,17,18). The van der Waals surface area contributed by atoms with Gasteiger partial charge in [0.25, 0.3) is 5.78 Å². The number of nitrogens with one attached hydrogen (secondary N) is 1. The van der Waals surface area contributed by atoms with Gasteiger partial charge in [-0.1, -0.05) is 12.1 Å². The maximum absolute atomic E-state index is 12.8. The highest BCUT2D eigenvalue weighted by Gasteiger charge is 2.10. The monoisotopic (exact) mass is 322 g/mol. The van der Waals surface area contributed by atoms with Crippen LogP contribution in [0, 0.1) is 12.7 Å². The van der Waals surface area contributed by atoms with Crippen molar-refractivity contribution in [3.05, 3.63) is 51.8 Å². The van der Waals surface area contributed by atoms with Gasteiger partial charge in [0.1, 0.15) is 16.2 Å². The van der Waals surface area contributed by atoms with Crippen molar-refractivity contribution in [2.45, 2.75) is 19.8 Å². The molecular weight excluding hydrogens is 311 g/mol. The first kappa shape index (κ1) is 12.3. The van der Waals surface area contributed by atoms with E-state index in [1.54, 1.807) is 12.1 Å². The van der Waals surface area contributed by atoms with Gasteiger partial charge in [-0.2, -0.15) is 4.98 Å². The lowest BCUT2D eigenvalue weighted by atomic mass is 10.1. The van der Waals surface area contributed by atoms with Gasteiger partial charge in [-0.25, -0.2) is 13.9 Å². The first-order valence-corrected chi connectivity index (χ1v) is 6.76. The Morgan fingerprint density at radius 1 is 1.21 bits per heavy atom. The lowest BCUT2D eigenvalue weighted by Gasteiger charge is -1.99. The Labute approximate surface area is 117 Å². The number of aromatic amines is 1. The minimum absolute atomic E-state index is 0.209. The molecule has 0 saturated heterocycles. The van der Waals surface area contributed by atoms with Crippen LogP contribution < -0.4 is 0 Å². The zero-order valence-electron chi connectivity index (χ0n) is 10.3. The highest BCUT2D eigenvalue weighted by molar-refractivity contribution is 9.10. The van der Waals surface area contributed by atoms with Crippen LogP contribution in [0.4, 0.5) is 4.39 Å². The zero-order valence-corrected chi connectivity index (χ0v) is 11.9. The molecule has 0 radical (unpaired) electrons. The van der Waals surface area contributed by atoms with E-state index in [1.807, 2.05) is 11.4 Å². The number of aromatic nitrogens is 4. The second-order valence-corrected chi connectivity index (χ2v) is 5.17. The van der Waals surface area contributed by atoms with Crippen molar-refractivity contribution in [2.75, 3.05) is 0 Å². The molecule has 2 aromatic heterocycles. The maximum Gasteiger partial charge on any atom is 0.251 e. The molecule has 98 valence electrons. The second-order valence-electron chi connectivity index (χ2n) is 4.42. The number of fused-ring (bicyclic) bond motifs is 1. The molecule has 0 spiro atoms. The molecule has 19 heavy (non-hydrogen) atoms. The minimum Gasteiger partial charge on any atom is -0.277 e. The predicted octanol–water partition coefficient (Wildman–Crippen LogP) is 3.05. The third-order valence-electron chi connectivity index (χ3n) is 3.00. The number of hydrogen-bond acceptors (Lipinski definition) is 2. The second kappa shape index (κ2) is 4.77. The van der Waals surface area contributed by atoms with Gasteiger partial charge in [0.05, 0.1) is 5.69 Å². The molecule has 0 bridgehead atoms. The Bertz CT molecular complexity index is 714. The Morgan fingerprint density at radius 2 is 1.95 bits per heavy atom. The van der Waals surface area contributed by atoms with Gasteiger partial charge in [-0.05, 0) is 47.0 Å². The van der Waals surface area contributed by atoms with E-state index in [4.69, 9.17) is 0 Å². The van der Waals surface area contributed by atoms with Crippen LogP contribution in [0.25, 0.3) is 5.78 Å². The summed E-state index contributed by atoms with van der Waals surface area (Å²) in [7, 11) is 0. The van der Waals surface area contributed by atoms with Crippen LogP contribution in [0.5, 0.6) is 0 Å². The molecule has 6 heteroatoms. The Hall–Kier alpha value is -1.69. The average molecular weight is 323 g/mol. The van der Waals surface area contributed by atoms with E-state index in [-0.39, 0.29) is 5.82 Å². The van der Waals surface area contributed by atoms with E-state index >= 15 is 0 Å². The van der Waals surface area contributed by atoms with Gasteiger partial charge < -0.3 is 0 Å². The Balaban J connectivity index is 1.76. The maximum atomic E-state index is 12.8. The summed E-state index contributed by atoms with van der Waals surface area (Å²) in [6.45, 7) is 1.92. The zero-order chi connectivity index (χ0) is 13.4. The lowest BCUT2D eigenvalue weighted by molar-refractivity contribution is 0.627. The number of hydrogen-bond donors (Lipinski definition) is 1. The number of halogens is 2. The van der Waals surface area contributed by atoms with Crippen LogP contribution >= 0.6 is 15.9 Å². The fourth-order valence-electron chi connectivity index (χ4n) is 1.97. The molecule has 0 saturated carbocycles. The van der Waals surface area contributed by atoms with Crippen LogP contribution in [0.3, 0.4) is 0 Å². The topological polar surface area (TPSA) is 46.0 Å². The summed E-state index contributed by atoms with van der Waals surface area (Å²) in [4.78, 5) is 8.74. The summed E-state index contributed by atoms with van der Waals surface area (Å²) in [6.07, 6.45) is 1.58. The van der Waals surface area contributed by atoms with Crippen molar-refractivity contribution in [3.8, 4) is 0 Å². The molecule has 1 N–H and O–H groups in total. The highest BCUT2D eigenvalue weighted by atomic mass is 79.9. The number of aryl methyl sites for hydroxylation is 3. The number of imidazole rings is 1. The van der Waals surface area contributed by atoms with Crippen LogP contribution in [-0.2, 0) is 12.8 Å². The van der Waals surface area contributed by atoms with E-state index in [1.165, 1.54) is 12.1 Å².